The van der Waals surface area contributed by atoms with Crippen molar-refractivity contribution in [1.29, 1.82) is 0 Å². The topological polar surface area (TPSA) is 127 Å². The van der Waals surface area contributed by atoms with Crippen molar-refractivity contribution in [2.75, 3.05) is 0 Å². The lowest BCUT2D eigenvalue weighted by molar-refractivity contribution is -0.173. The number of hydrogen-bond donors (Lipinski definition) is 2. The van der Waals surface area contributed by atoms with E-state index in [-0.39, 0.29) is 19.3 Å². The number of nitrogens with two attached hydrogens (primary N) is 1. The first-order valence-electron chi connectivity index (χ1n) is 11.9. The van der Waals surface area contributed by atoms with Crippen LogP contribution in [0.15, 0.2) is 91.0 Å². The first-order chi connectivity index (χ1) is 17.8. The number of carbonyl (C=O) groups excluding carboxylic acids is 4. The van der Waals surface area contributed by atoms with Crippen LogP contribution in [0.1, 0.15) is 23.6 Å². The second-order valence-corrected chi connectivity index (χ2v) is 8.67. The normalized spacial score (nSPS) is 13.2. The fraction of sp³-hybridized carbons (Fsp3) is 0.241. The zero-order valence-electron chi connectivity index (χ0n) is 20.5. The Bertz CT molecular complexity index is 1200. The molecule has 0 fully saturated rings. The molecule has 3 aromatic rings. The Hall–Kier alpha value is -4.14. The van der Waals surface area contributed by atoms with Gasteiger partial charge in [-0.25, -0.2) is 9.59 Å². The number of ether oxygens (including phenoxy) is 1. The number of amides is 2. The monoisotopic (exact) mass is 502 g/mol. The number of aliphatic hydroxyl groups is 1. The predicted octanol–water partition coefficient (Wildman–Crippen LogP) is 2.22. The Morgan fingerprint density at radius 1 is 0.730 bits per heavy atom. The molecule has 3 rings (SSSR count). The average Bonchev–Trinajstić information content (AvgIpc) is 2.89. The highest BCUT2D eigenvalue weighted by Gasteiger charge is 2.38. The summed E-state index contributed by atoms with van der Waals surface area (Å²) >= 11 is 0. The van der Waals surface area contributed by atoms with Crippen molar-refractivity contribution in [3.63, 3.8) is 0 Å². The third-order valence-corrected chi connectivity index (χ3v) is 5.79. The minimum absolute atomic E-state index is 0.0619. The largest absolute Gasteiger partial charge is 0.390 e. The SMILES string of the molecule is CC(=O)N(C(=O)C(N)Cc1ccccc1)C(Cc1ccccc1)C(=O)OC(=O)C(O)Cc1ccccc1. The van der Waals surface area contributed by atoms with Gasteiger partial charge in [0.15, 0.2) is 6.10 Å². The number of carbonyl (C=O) groups is 4. The van der Waals surface area contributed by atoms with Gasteiger partial charge in [0.1, 0.15) is 6.04 Å². The molecule has 3 atom stereocenters. The Balaban J connectivity index is 1.82. The summed E-state index contributed by atoms with van der Waals surface area (Å²) in [5.41, 5.74) is 8.25. The molecule has 3 unspecified atom stereocenters. The van der Waals surface area contributed by atoms with Gasteiger partial charge in [-0.3, -0.25) is 14.5 Å². The highest BCUT2D eigenvalue weighted by atomic mass is 16.6. The van der Waals surface area contributed by atoms with Crippen molar-refractivity contribution < 1.29 is 29.0 Å². The molecule has 0 saturated heterocycles. The predicted molar refractivity (Wildman–Crippen MR) is 137 cm³/mol. The molecule has 0 aromatic heterocycles. The maximum Gasteiger partial charge on any atom is 0.342 e. The maximum atomic E-state index is 13.3. The van der Waals surface area contributed by atoms with Crippen molar-refractivity contribution in [1.82, 2.24) is 4.90 Å². The number of aliphatic hydroxyl groups excluding tert-OH is 1. The van der Waals surface area contributed by atoms with E-state index < -0.39 is 41.9 Å². The van der Waals surface area contributed by atoms with E-state index in [1.165, 1.54) is 0 Å². The van der Waals surface area contributed by atoms with Crippen molar-refractivity contribution in [2.45, 2.75) is 44.4 Å². The number of rotatable bonds is 10. The summed E-state index contributed by atoms with van der Waals surface area (Å²) < 4.78 is 4.98. The molecular weight excluding hydrogens is 472 g/mol. The zero-order valence-corrected chi connectivity index (χ0v) is 20.5. The minimum Gasteiger partial charge on any atom is -0.390 e. The first kappa shape index (κ1) is 27.4. The highest BCUT2D eigenvalue weighted by Crippen LogP contribution is 2.16. The molecule has 192 valence electrons. The van der Waals surface area contributed by atoms with Crippen LogP contribution in [-0.2, 0) is 43.2 Å². The lowest BCUT2D eigenvalue weighted by Crippen LogP contribution is -2.55. The number of benzene rings is 3. The third-order valence-electron chi connectivity index (χ3n) is 5.79. The van der Waals surface area contributed by atoms with Crippen LogP contribution < -0.4 is 5.73 Å². The molecule has 37 heavy (non-hydrogen) atoms. The standard InChI is InChI=1S/C29H30N2O6/c1-20(32)31(27(34)24(30)17-21-11-5-2-6-12-21)25(18-22-13-7-3-8-14-22)28(35)37-29(36)26(33)19-23-15-9-4-10-16-23/h2-16,24-26,33H,17-19,30H2,1H3. The Labute approximate surface area is 215 Å². The van der Waals surface area contributed by atoms with Gasteiger partial charge < -0.3 is 15.6 Å². The van der Waals surface area contributed by atoms with Crippen LogP contribution in [0.5, 0.6) is 0 Å². The van der Waals surface area contributed by atoms with Crippen molar-refractivity contribution in [3.8, 4) is 0 Å². The van der Waals surface area contributed by atoms with E-state index in [1.807, 2.05) is 6.07 Å². The number of imide groups is 1. The summed E-state index contributed by atoms with van der Waals surface area (Å²) in [7, 11) is 0. The second-order valence-electron chi connectivity index (χ2n) is 8.67. The first-order valence-corrected chi connectivity index (χ1v) is 11.9. The van der Waals surface area contributed by atoms with Crippen LogP contribution in [0.3, 0.4) is 0 Å². The molecule has 3 N–H and O–H groups in total. The molecular formula is C29H30N2O6. The Kier molecular flexibility index (Phi) is 9.83. The fourth-order valence-corrected chi connectivity index (χ4v) is 3.94. The van der Waals surface area contributed by atoms with E-state index in [0.717, 1.165) is 17.4 Å². The van der Waals surface area contributed by atoms with Gasteiger partial charge in [-0.05, 0) is 23.1 Å². The minimum atomic E-state index is -1.61. The fourth-order valence-electron chi connectivity index (χ4n) is 3.94. The van der Waals surface area contributed by atoms with E-state index in [2.05, 4.69) is 0 Å². The smallest absolute Gasteiger partial charge is 0.342 e. The Morgan fingerprint density at radius 3 is 1.62 bits per heavy atom. The number of esters is 2. The van der Waals surface area contributed by atoms with Gasteiger partial charge in [0.05, 0.1) is 6.04 Å². The highest BCUT2D eigenvalue weighted by molar-refractivity contribution is 6.02. The molecule has 0 spiro atoms. The van der Waals surface area contributed by atoms with Gasteiger partial charge in [0, 0.05) is 19.8 Å². The van der Waals surface area contributed by atoms with E-state index in [4.69, 9.17) is 10.5 Å². The van der Waals surface area contributed by atoms with Crippen LogP contribution >= 0.6 is 0 Å². The molecule has 0 aliphatic rings. The van der Waals surface area contributed by atoms with Crippen LogP contribution in [0.4, 0.5) is 0 Å². The molecule has 8 heteroatoms. The van der Waals surface area contributed by atoms with Crippen LogP contribution in [0.2, 0.25) is 0 Å². The van der Waals surface area contributed by atoms with E-state index in [1.54, 1.807) is 84.9 Å². The summed E-state index contributed by atoms with van der Waals surface area (Å²) in [5, 5.41) is 10.3. The van der Waals surface area contributed by atoms with Gasteiger partial charge in [-0.2, -0.15) is 0 Å². The van der Waals surface area contributed by atoms with Crippen molar-refractivity contribution in [2.24, 2.45) is 5.73 Å². The quantitative estimate of drug-likeness (QED) is 0.321. The Morgan fingerprint density at radius 2 is 1.16 bits per heavy atom. The zero-order chi connectivity index (χ0) is 26.8. The molecule has 3 aromatic carbocycles. The van der Waals surface area contributed by atoms with Gasteiger partial charge in [0.25, 0.3) is 0 Å². The lowest BCUT2D eigenvalue weighted by Gasteiger charge is -2.30. The average molecular weight is 503 g/mol. The molecule has 8 nitrogen and oxygen atoms in total. The summed E-state index contributed by atoms with van der Waals surface area (Å²) in [6, 6.07) is 23.9. The van der Waals surface area contributed by atoms with E-state index >= 15 is 0 Å². The molecule has 0 saturated carbocycles. The molecule has 0 heterocycles. The summed E-state index contributed by atoms with van der Waals surface area (Å²) in [4.78, 5) is 52.5. The van der Waals surface area contributed by atoms with Crippen LogP contribution in [-0.4, -0.2) is 51.9 Å². The molecule has 0 bridgehead atoms. The molecule has 2 amide bonds. The number of nitrogens with zero attached hydrogens (tertiary/aromatic N) is 1. The number of hydrogen-bond acceptors (Lipinski definition) is 7. The van der Waals surface area contributed by atoms with Gasteiger partial charge in [-0.1, -0.05) is 91.0 Å². The van der Waals surface area contributed by atoms with E-state index in [0.29, 0.717) is 11.1 Å². The molecule has 0 radical (unpaired) electrons. The van der Waals surface area contributed by atoms with E-state index in [9.17, 15) is 24.3 Å². The maximum absolute atomic E-state index is 13.3. The summed E-state index contributed by atoms with van der Waals surface area (Å²) in [6.07, 6.45) is -1.62. The van der Waals surface area contributed by atoms with Crippen LogP contribution in [0, 0.1) is 0 Å². The van der Waals surface area contributed by atoms with Crippen molar-refractivity contribution >= 4 is 23.8 Å². The van der Waals surface area contributed by atoms with Gasteiger partial charge >= 0.3 is 11.9 Å². The second kappa shape index (κ2) is 13.2. The molecule has 0 aliphatic carbocycles. The van der Waals surface area contributed by atoms with Gasteiger partial charge in [0.2, 0.25) is 11.8 Å². The van der Waals surface area contributed by atoms with Crippen molar-refractivity contribution in [3.05, 3.63) is 108 Å². The third kappa shape index (κ3) is 7.93. The summed E-state index contributed by atoms with van der Waals surface area (Å²) in [6.45, 7) is 1.14. The van der Waals surface area contributed by atoms with Crippen LogP contribution in [0.25, 0.3) is 0 Å². The van der Waals surface area contributed by atoms with Gasteiger partial charge in [-0.15, -0.1) is 0 Å². The lowest BCUT2D eigenvalue weighted by atomic mass is 10.0. The summed E-state index contributed by atoms with van der Waals surface area (Å²) in [5.74, 6) is -3.79. The molecule has 0 aliphatic heterocycles.